The summed E-state index contributed by atoms with van der Waals surface area (Å²) in [6.45, 7) is 1.87. The third kappa shape index (κ3) is 1.56. The maximum Gasteiger partial charge on any atom is 0.168 e. The molecule has 0 atom stereocenters. The summed E-state index contributed by atoms with van der Waals surface area (Å²) in [6, 6.07) is 1.69. The van der Waals surface area contributed by atoms with Gasteiger partial charge in [0.25, 0.3) is 0 Å². The van der Waals surface area contributed by atoms with Gasteiger partial charge in [0, 0.05) is 7.05 Å². The summed E-state index contributed by atoms with van der Waals surface area (Å²) in [5, 5.41) is 3.24. The van der Waals surface area contributed by atoms with E-state index < -0.39 is 0 Å². The molecule has 0 bridgehead atoms. The van der Waals surface area contributed by atoms with Crippen LogP contribution in [0.15, 0.2) is 6.07 Å². The van der Waals surface area contributed by atoms with Gasteiger partial charge >= 0.3 is 0 Å². The number of anilines is 1. The Morgan fingerprint density at radius 1 is 1.67 bits per heavy atom. The zero-order chi connectivity index (χ0) is 9.14. The van der Waals surface area contributed by atoms with Crippen LogP contribution in [0.2, 0.25) is 5.15 Å². The van der Waals surface area contributed by atoms with E-state index in [-0.39, 0.29) is 0 Å². The van der Waals surface area contributed by atoms with Crippen LogP contribution in [0.4, 0.5) is 5.69 Å². The van der Waals surface area contributed by atoms with E-state index in [9.17, 15) is 4.79 Å². The highest BCUT2D eigenvalue weighted by molar-refractivity contribution is 6.32. The number of nitrogens with zero attached hydrogens (tertiary/aromatic N) is 1. The first-order chi connectivity index (χ1) is 5.69. The fourth-order valence-electron chi connectivity index (χ4n) is 1.02. The van der Waals surface area contributed by atoms with E-state index in [1.165, 1.54) is 0 Å². The molecule has 64 valence electrons. The summed E-state index contributed by atoms with van der Waals surface area (Å²) < 4.78 is 0. The molecule has 0 unspecified atom stereocenters. The second kappa shape index (κ2) is 3.54. The predicted molar refractivity (Wildman–Crippen MR) is 48.9 cm³/mol. The average molecular weight is 185 g/mol. The SMILES string of the molecule is CNc1c(C)cc(C=O)nc1Cl. The van der Waals surface area contributed by atoms with E-state index in [4.69, 9.17) is 11.6 Å². The standard InChI is InChI=1S/C8H9ClN2O/c1-5-3-6(4-12)11-8(9)7(5)10-2/h3-4,10H,1-2H3. The van der Waals surface area contributed by atoms with E-state index in [1.54, 1.807) is 13.1 Å². The fourth-order valence-corrected chi connectivity index (χ4v) is 1.36. The second-order valence-electron chi connectivity index (χ2n) is 2.40. The van der Waals surface area contributed by atoms with Crippen molar-refractivity contribution in [1.29, 1.82) is 0 Å². The molecule has 0 amide bonds. The molecule has 0 saturated heterocycles. The normalized spacial score (nSPS) is 9.58. The molecular weight excluding hydrogens is 176 g/mol. The summed E-state index contributed by atoms with van der Waals surface area (Å²) >= 11 is 5.78. The lowest BCUT2D eigenvalue weighted by Gasteiger charge is -2.06. The zero-order valence-electron chi connectivity index (χ0n) is 6.89. The topological polar surface area (TPSA) is 42.0 Å². The third-order valence-electron chi connectivity index (χ3n) is 1.56. The Hall–Kier alpha value is -1.09. The van der Waals surface area contributed by atoms with E-state index >= 15 is 0 Å². The van der Waals surface area contributed by atoms with Crippen LogP contribution in [-0.2, 0) is 0 Å². The Balaban J connectivity index is 3.27. The van der Waals surface area contributed by atoms with E-state index in [1.807, 2.05) is 6.92 Å². The summed E-state index contributed by atoms with van der Waals surface area (Å²) in [5.41, 5.74) is 2.04. The number of nitrogens with one attached hydrogen (secondary N) is 1. The molecule has 1 aromatic heterocycles. The van der Waals surface area contributed by atoms with Gasteiger partial charge in [-0.15, -0.1) is 0 Å². The molecule has 0 fully saturated rings. The number of aromatic nitrogens is 1. The highest BCUT2D eigenvalue weighted by atomic mass is 35.5. The summed E-state index contributed by atoms with van der Waals surface area (Å²) in [5.74, 6) is 0. The number of carbonyl (C=O) groups excluding carboxylic acids is 1. The Morgan fingerprint density at radius 3 is 2.75 bits per heavy atom. The van der Waals surface area contributed by atoms with Crippen molar-refractivity contribution in [3.8, 4) is 0 Å². The number of carbonyl (C=O) groups is 1. The number of hydrogen-bond donors (Lipinski definition) is 1. The molecule has 0 aliphatic carbocycles. The maximum atomic E-state index is 10.4. The van der Waals surface area contributed by atoms with Crippen molar-refractivity contribution in [3.05, 3.63) is 22.5 Å². The van der Waals surface area contributed by atoms with Gasteiger partial charge in [-0.1, -0.05) is 11.6 Å². The molecule has 0 radical (unpaired) electrons. The summed E-state index contributed by atoms with van der Waals surface area (Å²) in [4.78, 5) is 14.2. The molecule has 1 rings (SSSR count). The first-order valence-corrected chi connectivity index (χ1v) is 3.87. The molecule has 3 nitrogen and oxygen atoms in total. The largest absolute Gasteiger partial charge is 0.385 e. The first-order valence-electron chi connectivity index (χ1n) is 3.49. The summed E-state index contributed by atoms with van der Waals surface area (Å²) in [6.07, 6.45) is 0.679. The van der Waals surface area contributed by atoms with Gasteiger partial charge in [-0.25, -0.2) is 4.98 Å². The van der Waals surface area contributed by atoms with Gasteiger partial charge in [0.05, 0.1) is 5.69 Å². The minimum absolute atomic E-state index is 0.333. The fraction of sp³-hybridized carbons (Fsp3) is 0.250. The number of aryl methyl sites for hydroxylation is 1. The van der Waals surface area contributed by atoms with Gasteiger partial charge < -0.3 is 5.32 Å². The van der Waals surface area contributed by atoms with Crippen molar-refractivity contribution in [1.82, 2.24) is 4.98 Å². The predicted octanol–water partition coefficient (Wildman–Crippen LogP) is 1.90. The molecule has 1 N–H and O–H groups in total. The van der Waals surface area contributed by atoms with Crippen LogP contribution < -0.4 is 5.32 Å². The van der Waals surface area contributed by atoms with Crippen molar-refractivity contribution in [3.63, 3.8) is 0 Å². The van der Waals surface area contributed by atoms with Gasteiger partial charge in [-0.2, -0.15) is 0 Å². The van der Waals surface area contributed by atoms with Crippen LogP contribution in [0.1, 0.15) is 16.1 Å². The molecule has 12 heavy (non-hydrogen) atoms. The van der Waals surface area contributed by atoms with E-state index in [2.05, 4.69) is 10.3 Å². The minimum atomic E-state index is 0.333. The Labute approximate surface area is 75.8 Å². The number of rotatable bonds is 2. The van der Waals surface area contributed by atoms with Crippen molar-refractivity contribution < 1.29 is 4.79 Å². The Bertz CT molecular complexity index is 289. The average Bonchev–Trinajstić information content (AvgIpc) is 2.03. The van der Waals surface area contributed by atoms with Crippen LogP contribution in [0.25, 0.3) is 0 Å². The van der Waals surface area contributed by atoms with Crippen LogP contribution in [0.5, 0.6) is 0 Å². The first kappa shape index (κ1) is 9.00. The smallest absolute Gasteiger partial charge is 0.168 e. The molecule has 4 heteroatoms. The lowest BCUT2D eigenvalue weighted by atomic mass is 10.2. The quantitative estimate of drug-likeness (QED) is 0.564. The number of halogens is 1. The Morgan fingerprint density at radius 2 is 2.33 bits per heavy atom. The zero-order valence-corrected chi connectivity index (χ0v) is 7.64. The second-order valence-corrected chi connectivity index (χ2v) is 2.76. The molecule has 1 aromatic rings. The number of hydrogen-bond acceptors (Lipinski definition) is 3. The van der Waals surface area contributed by atoms with Crippen molar-refractivity contribution in [2.45, 2.75) is 6.92 Å². The highest BCUT2D eigenvalue weighted by Crippen LogP contribution is 2.23. The van der Waals surface area contributed by atoms with Gasteiger partial charge in [0.2, 0.25) is 0 Å². The van der Waals surface area contributed by atoms with Gasteiger partial charge in [0.1, 0.15) is 5.69 Å². The highest BCUT2D eigenvalue weighted by Gasteiger charge is 2.05. The Kier molecular flexibility index (Phi) is 2.65. The maximum absolute atomic E-state index is 10.4. The van der Waals surface area contributed by atoms with Crippen molar-refractivity contribution >= 4 is 23.6 Å². The van der Waals surface area contributed by atoms with Crippen molar-refractivity contribution in [2.24, 2.45) is 0 Å². The molecular formula is C8H9ClN2O. The lowest BCUT2D eigenvalue weighted by molar-refractivity contribution is 0.111. The molecule has 0 saturated carbocycles. The molecule has 0 aromatic carbocycles. The minimum Gasteiger partial charge on any atom is -0.385 e. The monoisotopic (exact) mass is 184 g/mol. The van der Waals surface area contributed by atoms with Crippen LogP contribution in [0, 0.1) is 6.92 Å². The molecule has 1 heterocycles. The number of pyridine rings is 1. The third-order valence-corrected chi connectivity index (χ3v) is 1.84. The van der Waals surface area contributed by atoms with Crippen molar-refractivity contribution in [2.75, 3.05) is 12.4 Å². The molecule has 0 aliphatic rings. The van der Waals surface area contributed by atoms with Gasteiger partial charge in [-0.05, 0) is 18.6 Å². The lowest BCUT2D eigenvalue weighted by Crippen LogP contribution is -1.97. The molecule has 0 spiro atoms. The van der Waals surface area contributed by atoms with Gasteiger partial charge in [-0.3, -0.25) is 4.79 Å². The van der Waals surface area contributed by atoms with E-state index in [0.717, 1.165) is 11.3 Å². The van der Waals surface area contributed by atoms with E-state index in [0.29, 0.717) is 17.1 Å². The number of aldehydes is 1. The van der Waals surface area contributed by atoms with Gasteiger partial charge in [0.15, 0.2) is 11.4 Å². The van der Waals surface area contributed by atoms with Crippen LogP contribution in [0.3, 0.4) is 0 Å². The summed E-state index contributed by atoms with van der Waals surface area (Å²) in [7, 11) is 1.76. The molecule has 0 aliphatic heterocycles. The van der Waals surface area contributed by atoms with Crippen LogP contribution >= 0.6 is 11.6 Å². The van der Waals surface area contributed by atoms with Crippen LogP contribution in [-0.4, -0.2) is 18.3 Å².